The lowest BCUT2D eigenvalue weighted by Gasteiger charge is -2.44. The highest BCUT2D eigenvalue weighted by Crippen LogP contribution is 2.30. The van der Waals surface area contributed by atoms with Crippen LogP contribution in [0.1, 0.15) is 42.5 Å². The predicted octanol–water partition coefficient (Wildman–Crippen LogP) is 2.82. The van der Waals surface area contributed by atoms with E-state index in [0.29, 0.717) is 24.1 Å². The number of ether oxygens (including phenoxy) is 1. The van der Waals surface area contributed by atoms with E-state index in [2.05, 4.69) is 10.2 Å². The van der Waals surface area contributed by atoms with Crippen LogP contribution in [0.15, 0.2) is 30.3 Å². The first-order chi connectivity index (χ1) is 11.2. The van der Waals surface area contributed by atoms with Crippen molar-refractivity contribution in [2.75, 3.05) is 19.7 Å². The lowest BCUT2D eigenvalue weighted by Crippen LogP contribution is -2.49. The van der Waals surface area contributed by atoms with E-state index in [1.807, 2.05) is 6.07 Å². The Morgan fingerprint density at radius 1 is 1.09 bits per heavy atom. The molecular formula is C18H24N2O3. The molecule has 5 nitrogen and oxygen atoms in total. The minimum atomic E-state index is -0.646. The van der Waals surface area contributed by atoms with Crippen molar-refractivity contribution in [3.8, 4) is 0 Å². The summed E-state index contributed by atoms with van der Waals surface area (Å²) in [5, 5.41) is 2.29. The molecule has 0 aliphatic carbocycles. The summed E-state index contributed by atoms with van der Waals surface area (Å²) in [6.07, 6.45) is 5.34. The molecule has 2 amide bonds. The quantitative estimate of drug-likeness (QED) is 0.931. The molecule has 0 saturated carbocycles. The summed E-state index contributed by atoms with van der Waals surface area (Å²) in [6.45, 7) is 2.73. The molecule has 5 heteroatoms. The van der Waals surface area contributed by atoms with Crippen LogP contribution in [-0.4, -0.2) is 42.6 Å². The smallest absolute Gasteiger partial charge is 0.414 e. The molecule has 0 radical (unpaired) electrons. The zero-order valence-corrected chi connectivity index (χ0v) is 13.4. The van der Waals surface area contributed by atoms with Gasteiger partial charge in [0, 0.05) is 17.5 Å². The fraction of sp³-hybridized carbons (Fsp3) is 0.556. The fourth-order valence-corrected chi connectivity index (χ4v) is 3.74. The molecule has 1 aromatic rings. The Hall–Kier alpha value is -1.88. The number of piperidine rings is 2. The van der Waals surface area contributed by atoms with E-state index >= 15 is 0 Å². The van der Waals surface area contributed by atoms with Gasteiger partial charge in [0.2, 0.25) is 0 Å². The van der Waals surface area contributed by atoms with Gasteiger partial charge in [-0.15, -0.1) is 0 Å². The average Bonchev–Trinajstić information content (AvgIpc) is 2.60. The molecule has 1 N–H and O–H groups in total. The molecular weight excluding hydrogens is 292 g/mol. The number of carbonyl (C=O) groups excluding carboxylic acids is 2. The van der Waals surface area contributed by atoms with Gasteiger partial charge in [-0.1, -0.05) is 24.6 Å². The molecule has 0 bridgehead atoms. The van der Waals surface area contributed by atoms with E-state index in [1.165, 1.54) is 32.4 Å². The molecule has 3 rings (SSSR count). The zero-order valence-electron chi connectivity index (χ0n) is 13.4. The highest BCUT2D eigenvalue weighted by Gasteiger charge is 2.33. The van der Waals surface area contributed by atoms with Crippen LogP contribution in [0, 0.1) is 5.92 Å². The maximum absolute atomic E-state index is 11.9. The van der Waals surface area contributed by atoms with Crippen LogP contribution < -0.4 is 5.32 Å². The van der Waals surface area contributed by atoms with E-state index in [1.54, 1.807) is 24.3 Å². The number of nitrogens with one attached hydrogen (secondary N) is 1. The van der Waals surface area contributed by atoms with E-state index in [9.17, 15) is 9.59 Å². The number of carbonyl (C=O) groups is 2. The largest absolute Gasteiger partial charge is 0.449 e. The van der Waals surface area contributed by atoms with Crippen LogP contribution in [0.4, 0.5) is 4.79 Å². The van der Waals surface area contributed by atoms with E-state index in [-0.39, 0.29) is 0 Å². The Kier molecular flexibility index (Phi) is 5.28. The van der Waals surface area contributed by atoms with Crippen molar-refractivity contribution in [1.82, 2.24) is 10.2 Å². The normalized spacial score (nSPS) is 24.5. The van der Waals surface area contributed by atoms with Gasteiger partial charge in [0.05, 0.1) is 6.61 Å². The zero-order chi connectivity index (χ0) is 16.1. The Morgan fingerprint density at radius 2 is 1.87 bits per heavy atom. The molecule has 0 spiro atoms. The van der Waals surface area contributed by atoms with E-state index in [0.717, 1.165) is 12.8 Å². The molecule has 2 atom stereocenters. The minimum Gasteiger partial charge on any atom is -0.449 e. The molecule has 2 aliphatic rings. The van der Waals surface area contributed by atoms with Gasteiger partial charge in [0.25, 0.3) is 5.91 Å². The third kappa shape index (κ3) is 4.10. The lowest BCUT2D eigenvalue weighted by atomic mass is 9.84. The van der Waals surface area contributed by atoms with Crippen molar-refractivity contribution in [2.24, 2.45) is 5.92 Å². The first-order valence-corrected chi connectivity index (χ1v) is 8.51. The molecule has 1 aromatic carbocycles. The third-order valence-electron chi connectivity index (χ3n) is 4.91. The summed E-state index contributed by atoms with van der Waals surface area (Å²) >= 11 is 0. The molecule has 124 valence electrons. The van der Waals surface area contributed by atoms with Crippen molar-refractivity contribution in [3.63, 3.8) is 0 Å². The Morgan fingerprint density at radius 3 is 2.70 bits per heavy atom. The second kappa shape index (κ2) is 7.59. The number of hydrogen-bond donors (Lipinski definition) is 1. The average molecular weight is 316 g/mol. The Labute approximate surface area is 137 Å². The summed E-state index contributed by atoms with van der Waals surface area (Å²) in [5.74, 6) is -0.0276. The van der Waals surface area contributed by atoms with Gasteiger partial charge in [-0.25, -0.2) is 4.79 Å². The summed E-state index contributed by atoms with van der Waals surface area (Å²) in [6, 6.07) is 9.23. The topological polar surface area (TPSA) is 58.6 Å². The molecule has 2 heterocycles. The maximum atomic E-state index is 11.9. The number of fused-ring (bicyclic) bond motifs is 1. The van der Waals surface area contributed by atoms with Crippen molar-refractivity contribution in [1.29, 1.82) is 0 Å². The first kappa shape index (κ1) is 16.0. The van der Waals surface area contributed by atoms with Crippen molar-refractivity contribution < 1.29 is 14.3 Å². The van der Waals surface area contributed by atoms with Gasteiger partial charge in [-0.3, -0.25) is 15.0 Å². The van der Waals surface area contributed by atoms with Crippen LogP contribution in [-0.2, 0) is 4.74 Å². The lowest BCUT2D eigenvalue weighted by molar-refractivity contribution is 0.0235. The standard InChI is InChI=1S/C18H24N2O3/c21-17(14-7-2-1-3-8-14)19-18(22)23-13-15-9-6-12-20-11-5-4-10-16(15)20/h1-3,7-8,15-16H,4-6,9-13H2,(H,19,21,22)/t15-,16+/m0/s1. The number of rotatable bonds is 3. The summed E-state index contributed by atoms with van der Waals surface area (Å²) in [5.41, 5.74) is 0.459. The van der Waals surface area contributed by atoms with Crippen molar-refractivity contribution >= 4 is 12.0 Å². The number of imide groups is 1. The number of hydrogen-bond acceptors (Lipinski definition) is 4. The SMILES string of the molecule is O=C(NC(=O)c1ccccc1)OC[C@@H]1CCCN2CCCC[C@H]12. The Bertz CT molecular complexity index is 544. The van der Waals surface area contributed by atoms with Crippen LogP contribution in [0.5, 0.6) is 0 Å². The van der Waals surface area contributed by atoms with Crippen LogP contribution in [0.3, 0.4) is 0 Å². The second-order valence-corrected chi connectivity index (χ2v) is 6.42. The van der Waals surface area contributed by atoms with Gasteiger partial charge in [0.15, 0.2) is 0 Å². The summed E-state index contributed by atoms with van der Waals surface area (Å²) in [4.78, 5) is 26.3. The third-order valence-corrected chi connectivity index (χ3v) is 4.91. The summed E-state index contributed by atoms with van der Waals surface area (Å²) < 4.78 is 5.33. The molecule has 0 aromatic heterocycles. The van der Waals surface area contributed by atoms with Crippen LogP contribution >= 0.6 is 0 Å². The van der Waals surface area contributed by atoms with Gasteiger partial charge in [-0.2, -0.15) is 0 Å². The van der Waals surface area contributed by atoms with Gasteiger partial charge >= 0.3 is 6.09 Å². The predicted molar refractivity (Wildman–Crippen MR) is 87.2 cm³/mol. The highest BCUT2D eigenvalue weighted by molar-refractivity contribution is 6.02. The summed E-state index contributed by atoms with van der Waals surface area (Å²) in [7, 11) is 0. The van der Waals surface area contributed by atoms with Gasteiger partial charge in [-0.05, 0) is 50.9 Å². The van der Waals surface area contributed by atoms with Crippen LogP contribution in [0.25, 0.3) is 0 Å². The molecule has 2 aliphatic heterocycles. The van der Waals surface area contributed by atoms with Crippen molar-refractivity contribution in [3.05, 3.63) is 35.9 Å². The number of nitrogens with zero attached hydrogens (tertiary/aromatic N) is 1. The molecule has 2 fully saturated rings. The van der Waals surface area contributed by atoms with Crippen molar-refractivity contribution in [2.45, 2.75) is 38.1 Å². The van der Waals surface area contributed by atoms with Crippen LogP contribution in [0.2, 0.25) is 0 Å². The van der Waals surface area contributed by atoms with Gasteiger partial charge in [0.1, 0.15) is 0 Å². The number of benzene rings is 1. The van der Waals surface area contributed by atoms with E-state index < -0.39 is 12.0 Å². The second-order valence-electron chi connectivity index (χ2n) is 6.42. The number of alkyl carbamates (subject to hydrolysis) is 1. The molecule has 23 heavy (non-hydrogen) atoms. The van der Waals surface area contributed by atoms with Gasteiger partial charge < -0.3 is 4.74 Å². The minimum absolute atomic E-state index is 0.390. The first-order valence-electron chi connectivity index (χ1n) is 8.51. The number of amides is 2. The molecule has 2 saturated heterocycles. The molecule has 0 unspecified atom stereocenters. The fourth-order valence-electron chi connectivity index (χ4n) is 3.74. The highest BCUT2D eigenvalue weighted by atomic mass is 16.5. The Balaban J connectivity index is 1.47. The monoisotopic (exact) mass is 316 g/mol. The maximum Gasteiger partial charge on any atom is 0.414 e. The van der Waals surface area contributed by atoms with E-state index in [4.69, 9.17) is 4.74 Å².